The van der Waals surface area contributed by atoms with E-state index in [0.717, 1.165) is 19.3 Å². The molecular formula is C8H14N2O2. The van der Waals surface area contributed by atoms with Gasteiger partial charge in [-0.25, -0.2) is 4.79 Å². The molecule has 4 nitrogen and oxygen atoms in total. The van der Waals surface area contributed by atoms with Crippen LogP contribution in [0.3, 0.4) is 0 Å². The van der Waals surface area contributed by atoms with Crippen LogP contribution in [0.5, 0.6) is 0 Å². The van der Waals surface area contributed by atoms with Crippen molar-refractivity contribution in [2.45, 2.75) is 31.3 Å². The summed E-state index contributed by atoms with van der Waals surface area (Å²) in [7, 11) is 0. The van der Waals surface area contributed by atoms with Gasteiger partial charge >= 0.3 is 6.09 Å². The molecule has 1 amide bonds. The molecule has 1 saturated heterocycles. The molecule has 3 unspecified atom stereocenters. The predicted octanol–water partition coefficient (Wildman–Crippen LogP) is 0.476. The molecule has 1 heterocycles. The molecule has 1 aliphatic carbocycles. The van der Waals surface area contributed by atoms with E-state index in [9.17, 15) is 4.79 Å². The van der Waals surface area contributed by atoms with Crippen molar-refractivity contribution in [2.24, 2.45) is 11.7 Å². The third kappa shape index (κ3) is 1.16. The number of likely N-dealkylation sites (tertiary alicyclic amines) is 1. The topological polar surface area (TPSA) is 66.6 Å². The molecule has 0 spiro atoms. The quantitative estimate of drug-likeness (QED) is 0.555. The number of carboxylic acid groups (broad SMARTS) is 1. The van der Waals surface area contributed by atoms with Crippen molar-refractivity contribution < 1.29 is 9.90 Å². The van der Waals surface area contributed by atoms with E-state index in [0.29, 0.717) is 12.5 Å². The fourth-order valence-corrected chi connectivity index (χ4v) is 2.52. The maximum atomic E-state index is 10.7. The van der Waals surface area contributed by atoms with E-state index in [4.69, 9.17) is 10.8 Å². The first-order valence-corrected chi connectivity index (χ1v) is 4.42. The van der Waals surface area contributed by atoms with Gasteiger partial charge in [-0.3, -0.25) is 0 Å². The standard InChI is InChI=1S/C8H14N2O2/c9-6-1-5-2-7(3-6)10(4-5)8(11)12/h5-7H,1-4,9H2,(H,11,12). The Kier molecular flexibility index (Phi) is 1.72. The number of hydrogen-bond donors (Lipinski definition) is 2. The van der Waals surface area contributed by atoms with Gasteiger partial charge in [-0.15, -0.1) is 0 Å². The molecule has 2 fully saturated rings. The molecule has 2 rings (SSSR count). The summed E-state index contributed by atoms with van der Waals surface area (Å²) in [6.45, 7) is 0.702. The van der Waals surface area contributed by atoms with Crippen molar-refractivity contribution in [2.75, 3.05) is 6.54 Å². The van der Waals surface area contributed by atoms with Gasteiger partial charge in [0.25, 0.3) is 0 Å². The summed E-state index contributed by atoms with van der Waals surface area (Å²) in [5, 5.41) is 8.83. The Hall–Kier alpha value is -0.770. The molecule has 0 aromatic carbocycles. The Bertz CT molecular complexity index is 207. The summed E-state index contributed by atoms with van der Waals surface area (Å²) in [5.41, 5.74) is 5.80. The third-order valence-corrected chi connectivity index (χ3v) is 2.96. The molecule has 1 aliphatic heterocycles. The predicted molar refractivity (Wildman–Crippen MR) is 43.8 cm³/mol. The molecule has 2 bridgehead atoms. The highest BCUT2D eigenvalue weighted by Gasteiger charge is 2.40. The van der Waals surface area contributed by atoms with Crippen molar-refractivity contribution in [3.05, 3.63) is 0 Å². The first-order valence-electron chi connectivity index (χ1n) is 4.42. The second-order valence-electron chi connectivity index (χ2n) is 3.92. The molecule has 2 aliphatic rings. The number of nitrogens with zero attached hydrogens (tertiary/aromatic N) is 1. The van der Waals surface area contributed by atoms with Crippen LogP contribution in [0.2, 0.25) is 0 Å². The van der Waals surface area contributed by atoms with E-state index in [1.807, 2.05) is 0 Å². The molecule has 4 heteroatoms. The normalized spacial score (nSPS) is 40.1. The average Bonchev–Trinajstić information content (AvgIpc) is 2.26. The van der Waals surface area contributed by atoms with Gasteiger partial charge in [-0.05, 0) is 25.2 Å². The summed E-state index contributed by atoms with van der Waals surface area (Å²) in [6.07, 6.45) is 2.10. The molecule has 0 aromatic heterocycles. The van der Waals surface area contributed by atoms with Crippen molar-refractivity contribution in [1.82, 2.24) is 4.90 Å². The van der Waals surface area contributed by atoms with Crippen LogP contribution in [0.1, 0.15) is 19.3 Å². The van der Waals surface area contributed by atoms with Gasteiger partial charge in [-0.1, -0.05) is 0 Å². The summed E-state index contributed by atoms with van der Waals surface area (Å²) < 4.78 is 0. The highest BCUT2D eigenvalue weighted by molar-refractivity contribution is 5.66. The Balaban J connectivity index is 2.09. The summed E-state index contributed by atoms with van der Waals surface area (Å²) in [5.74, 6) is 0.523. The van der Waals surface area contributed by atoms with E-state index in [-0.39, 0.29) is 12.1 Å². The minimum atomic E-state index is -0.781. The Morgan fingerprint density at radius 2 is 2.17 bits per heavy atom. The van der Waals surface area contributed by atoms with Gasteiger partial charge in [0.15, 0.2) is 0 Å². The Morgan fingerprint density at radius 1 is 1.42 bits per heavy atom. The van der Waals surface area contributed by atoms with Crippen LogP contribution in [0.15, 0.2) is 0 Å². The van der Waals surface area contributed by atoms with E-state index >= 15 is 0 Å². The first kappa shape index (κ1) is 7.86. The number of carbonyl (C=O) groups is 1. The molecule has 0 aromatic rings. The summed E-state index contributed by atoms with van der Waals surface area (Å²) in [6, 6.07) is 0.425. The van der Waals surface area contributed by atoms with Gasteiger partial charge in [0, 0.05) is 18.6 Å². The number of fused-ring (bicyclic) bond motifs is 2. The Labute approximate surface area is 71.3 Å². The number of rotatable bonds is 0. The van der Waals surface area contributed by atoms with E-state index < -0.39 is 6.09 Å². The van der Waals surface area contributed by atoms with Crippen molar-refractivity contribution in [3.8, 4) is 0 Å². The number of hydrogen-bond acceptors (Lipinski definition) is 2. The maximum Gasteiger partial charge on any atom is 0.407 e. The van der Waals surface area contributed by atoms with Gasteiger partial charge in [0.1, 0.15) is 0 Å². The highest BCUT2D eigenvalue weighted by Crippen LogP contribution is 2.34. The van der Waals surface area contributed by atoms with E-state index in [1.54, 1.807) is 4.90 Å². The van der Waals surface area contributed by atoms with E-state index in [2.05, 4.69) is 0 Å². The summed E-state index contributed by atoms with van der Waals surface area (Å²) >= 11 is 0. The van der Waals surface area contributed by atoms with Gasteiger partial charge in [0.05, 0.1) is 0 Å². The smallest absolute Gasteiger partial charge is 0.407 e. The zero-order chi connectivity index (χ0) is 8.72. The number of nitrogens with two attached hydrogens (primary N) is 1. The van der Waals surface area contributed by atoms with Crippen molar-refractivity contribution in [3.63, 3.8) is 0 Å². The summed E-state index contributed by atoms with van der Waals surface area (Å²) in [4.78, 5) is 12.3. The minimum absolute atomic E-state index is 0.205. The van der Waals surface area contributed by atoms with E-state index in [1.165, 1.54) is 0 Å². The zero-order valence-electron chi connectivity index (χ0n) is 6.94. The SMILES string of the molecule is NC1CC2CC(C1)N(C(=O)O)C2. The average molecular weight is 170 g/mol. The zero-order valence-corrected chi connectivity index (χ0v) is 6.94. The minimum Gasteiger partial charge on any atom is -0.465 e. The van der Waals surface area contributed by atoms with Crippen molar-refractivity contribution in [1.29, 1.82) is 0 Å². The largest absolute Gasteiger partial charge is 0.465 e. The third-order valence-electron chi connectivity index (χ3n) is 2.96. The van der Waals surface area contributed by atoms with Crippen LogP contribution in [0.25, 0.3) is 0 Å². The lowest BCUT2D eigenvalue weighted by Crippen LogP contribution is -2.38. The highest BCUT2D eigenvalue weighted by atomic mass is 16.4. The molecule has 1 saturated carbocycles. The van der Waals surface area contributed by atoms with Gasteiger partial charge in [-0.2, -0.15) is 0 Å². The molecule has 3 atom stereocenters. The lowest BCUT2D eigenvalue weighted by molar-refractivity contribution is 0.138. The van der Waals surface area contributed by atoms with Crippen LogP contribution < -0.4 is 5.73 Å². The van der Waals surface area contributed by atoms with Crippen LogP contribution in [-0.4, -0.2) is 34.7 Å². The fourth-order valence-electron chi connectivity index (χ4n) is 2.52. The van der Waals surface area contributed by atoms with Crippen LogP contribution in [0, 0.1) is 5.92 Å². The molecule has 12 heavy (non-hydrogen) atoms. The molecule has 68 valence electrons. The van der Waals surface area contributed by atoms with Crippen LogP contribution in [-0.2, 0) is 0 Å². The molecular weight excluding hydrogens is 156 g/mol. The van der Waals surface area contributed by atoms with Crippen LogP contribution in [0.4, 0.5) is 4.79 Å². The second-order valence-corrected chi connectivity index (χ2v) is 3.92. The lowest BCUT2D eigenvalue weighted by Gasteiger charge is -2.25. The van der Waals surface area contributed by atoms with Gasteiger partial charge in [0.2, 0.25) is 0 Å². The first-order chi connectivity index (χ1) is 5.66. The fraction of sp³-hybridized carbons (Fsp3) is 0.875. The van der Waals surface area contributed by atoms with Crippen LogP contribution >= 0.6 is 0 Å². The molecule has 0 radical (unpaired) electrons. The maximum absolute atomic E-state index is 10.7. The monoisotopic (exact) mass is 170 g/mol. The molecule has 3 N–H and O–H groups in total. The number of amides is 1. The Morgan fingerprint density at radius 3 is 2.83 bits per heavy atom. The lowest BCUT2D eigenvalue weighted by atomic mass is 9.87. The van der Waals surface area contributed by atoms with Crippen molar-refractivity contribution >= 4 is 6.09 Å². The van der Waals surface area contributed by atoms with Gasteiger partial charge < -0.3 is 15.7 Å². The second kappa shape index (κ2) is 2.62.